The second kappa shape index (κ2) is 14.7. The molecule has 2 aromatic carbocycles. The summed E-state index contributed by atoms with van der Waals surface area (Å²) in [6, 6.07) is 25.9. The van der Waals surface area contributed by atoms with Crippen molar-refractivity contribution in [3.05, 3.63) is 156 Å². The van der Waals surface area contributed by atoms with Crippen LogP contribution in [0.3, 0.4) is 0 Å². The molecule has 13 heteroatoms. The van der Waals surface area contributed by atoms with Gasteiger partial charge in [0.2, 0.25) is 0 Å². The summed E-state index contributed by atoms with van der Waals surface area (Å²) < 4.78 is 4.38. The van der Waals surface area contributed by atoms with E-state index < -0.39 is 0 Å². The van der Waals surface area contributed by atoms with Crippen molar-refractivity contribution in [2.45, 2.75) is 22.3 Å². The monoisotopic (exact) mass is 690 g/mol. The minimum Gasteiger partial charge on any atom is -0.412 e. The summed E-state index contributed by atoms with van der Waals surface area (Å²) in [5.41, 5.74) is 20.0. The van der Waals surface area contributed by atoms with Crippen LogP contribution in [-0.4, -0.2) is 36.4 Å². The van der Waals surface area contributed by atoms with Crippen LogP contribution in [0, 0.1) is 0 Å². The number of amides is 2. The number of hydrogen-bond donors (Lipinski definition) is 4. The van der Waals surface area contributed by atoms with Crippen molar-refractivity contribution in [3.63, 3.8) is 0 Å². The molecule has 6 heterocycles. The first-order chi connectivity index (χ1) is 23.4. The Kier molecular flexibility index (Phi) is 10.0. The van der Waals surface area contributed by atoms with Gasteiger partial charge in [0.1, 0.15) is 10.7 Å². The Labute approximate surface area is 291 Å². The van der Waals surface area contributed by atoms with E-state index in [0.717, 1.165) is 45.4 Å². The summed E-state index contributed by atoms with van der Waals surface area (Å²) in [7, 11) is 0. The Morgan fingerprint density at radius 2 is 1.10 bits per heavy atom. The van der Waals surface area contributed by atoms with Gasteiger partial charge < -0.3 is 36.7 Å². The number of nitrogens with one attached hydrogen (secondary N) is 2. The predicted octanol–water partition coefficient (Wildman–Crippen LogP) is 6.20. The smallest absolute Gasteiger partial charge is 0.255 e. The van der Waals surface area contributed by atoms with Crippen molar-refractivity contribution in [2.24, 2.45) is 0 Å². The van der Waals surface area contributed by atoms with Crippen LogP contribution in [0.4, 0.5) is 22.7 Å². The zero-order valence-corrected chi connectivity index (χ0v) is 27.8. The number of fused-ring (bicyclic) bond motifs is 2. The van der Waals surface area contributed by atoms with Crippen molar-refractivity contribution in [2.75, 3.05) is 22.1 Å². The zero-order valence-electron chi connectivity index (χ0n) is 26.2. The number of carbonyl (C=O) groups excluding carboxylic acids is 2. The lowest BCUT2D eigenvalue weighted by atomic mass is 10.2. The molecule has 2 aliphatic rings. The maximum Gasteiger partial charge on any atom is 0.255 e. The Morgan fingerprint density at radius 3 is 1.49 bits per heavy atom. The molecule has 6 aromatic rings. The van der Waals surface area contributed by atoms with E-state index in [-0.39, 0.29) is 28.0 Å². The first-order valence-corrected chi connectivity index (χ1v) is 17.3. The molecule has 2 atom stereocenters. The average Bonchev–Trinajstić information content (AvgIpc) is 3.90. The first-order valence-electron chi connectivity index (χ1n) is 15.2. The predicted molar refractivity (Wildman–Crippen MR) is 197 cm³/mol. The van der Waals surface area contributed by atoms with Crippen LogP contribution in [0.1, 0.15) is 54.0 Å². The van der Waals surface area contributed by atoms with Gasteiger partial charge in [-0.2, -0.15) is 0 Å². The topological polar surface area (TPSA) is 177 Å². The molecule has 2 amide bonds. The fourth-order valence-electron chi connectivity index (χ4n) is 5.71. The van der Waals surface area contributed by atoms with Crippen molar-refractivity contribution in [1.82, 2.24) is 19.1 Å². The van der Waals surface area contributed by atoms with Gasteiger partial charge in [0.05, 0.1) is 22.8 Å². The molecular weight excluding hydrogens is 657 g/mol. The highest BCUT2D eigenvalue weighted by Crippen LogP contribution is 2.44. The molecular formula is C36H34N8O3S2. The van der Waals surface area contributed by atoms with E-state index in [9.17, 15) is 9.59 Å². The van der Waals surface area contributed by atoms with Crippen LogP contribution in [0.5, 0.6) is 0 Å². The number of nitrogen functional groups attached to an aromatic ring is 2. The molecule has 0 bridgehead atoms. The number of nitrogens with zero attached hydrogens (tertiary/aromatic N) is 4. The van der Waals surface area contributed by atoms with E-state index in [1.54, 1.807) is 60.9 Å². The molecule has 2 aliphatic heterocycles. The van der Waals surface area contributed by atoms with Gasteiger partial charge >= 0.3 is 0 Å². The van der Waals surface area contributed by atoms with Gasteiger partial charge in [-0.1, -0.05) is 24.3 Å². The molecule has 8 N–H and O–H groups in total. The van der Waals surface area contributed by atoms with Gasteiger partial charge in [-0.3, -0.25) is 19.6 Å². The van der Waals surface area contributed by atoms with Crippen molar-refractivity contribution in [3.8, 4) is 0 Å². The van der Waals surface area contributed by atoms with Gasteiger partial charge in [-0.25, -0.2) is 0 Å². The van der Waals surface area contributed by atoms with Crippen LogP contribution in [0.15, 0.2) is 122 Å². The van der Waals surface area contributed by atoms with E-state index in [1.165, 1.54) is 0 Å². The van der Waals surface area contributed by atoms with Gasteiger partial charge in [-0.15, -0.1) is 23.5 Å². The Morgan fingerprint density at radius 1 is 0.653 bits per heavy atom. The number of nitrogens with two attached hydrogens (primary N) is 2. The van der Waals surface area contributed by atoms with Crippen molar-refractivity contribution < 1.29 is 15.1 Å². The van der Waals surface area contributed by atoms with Crippen LogP contribution in [-0.2, 0) is 11.5 Å². The highest BCUT2D eigenvalue weighted by Gasteiger charge is 2.28. The normalized spacial score (nSPS) is 15.6. The number of pyridine rings is 2. The maximum atomic E-state index is 12.4. The number of anilines is 4. The van der Waals surface area contributed by atoms with Crippen LogP contribution >= 0.6 is 23.5 Å². The second-order valence-electron chi connectivity index (χ2n) is 11.2. The minimum absolute atomic E-state index is 0. The Balaban J connectivity index is 0.000000167. The van der Waals surface area contributed by atoms with E-state index >= 15 is 0 Å². The number of aromatic nitrogens is 4. The highest BCUT2D eigenvalue weighted by atomic mass is 32.2. The molecule has 0 spiro atoms. The van der Waals surface area contributed by atoms with E-state index in [2.05, 4.69) is 41.9 Å². The van der Waals surface area contributed by atoms with E-state index in [1.807, 2.05) is 72.6 Å². The summed E-state index contributed by atoms with van der Waals surface area (Å²) in [6.45, 7) is 0. The summed E-state index contributed by atoms with van der Waals surface area (Å²) in [4.78, 5) is 33.2. The SMILES string of the molecule is Nc1cccc(C(=O)Nc2ccn3c2CSC3c2cccnc2)c1.Nc1cccc(C(=O)Nc2ccn3c2CSC3c2cccnc2)c1.O. The molecule has 248 valence electrons. The fraction of sp³-hybridized carbons (Fsp3) is 0.111. The lowest BCUT2D eigenvalue weighted by Crippen LogP contribution is -2.13. The summed E-state index contributed by atoms with van der Waals surface area (Å²) in [6.07, 6.45) is 11.4. The van der Waals surface area contributed by atoms with Crippen molar-refractivity contribution in [1.29, 1.82) is 0 Å². The molecule has 0 saturated heterocycles. The van der Waals surface area contributed by atoms with Gasteiger partial charge in [0.15, 0.2) is 0 Å². The summed E-state index contributed by atoms with van der Waals surface area (Å²) >= 11 is 3.64. The largest absolute Gasteiger partial charge is 0.412 e. The fourth-order valence-corrected chi connectivity index (χ4v) is 8.34. The van der Waals surface area contributed by atoms with Crippen LogP contribution < -0.4 is 22.1 Å². The number of hydrogen-bond acceptors (Lipinski definition) is 8. The molecule has 0 saturated carbocycles. The average molecular weight is 691 g/mol. The molecule has 11 nitrogen and oxygen atoms in total. The van der Waals surface area contributed by atoms with Crippen molar-refractivity contribution >= 4 is 58.1 Å². The van der Waals surface area contributed by atoms with E-state index in [0.29, 0.717) is 22.5 Å². The molecule has 2 unspecified atom stereocenters. The van der Waals surface area contributed by atoms with Crippen LogP contribution in [0.2, 0.25) is 0 Å². The van der Waals surface area contributed by atoms with Gasteiger partial charge in [0.25, 0.3) is 11.8 Å². The first kappa shape index (κ1) is 33.4. The highest BCUT2D eigenvalue weighted by molar-refractivity contribution is 7.99. The quantitative estimate of drug-likeness (QED) is 0.149. The Bertz CT molecular complexity index is 1940. The molecule has 8 rings (SSSR count). The van der Waals surface area contributed by atoms with Gasteiger partial charge in [-0.05, 0) is 60.7 Å². The van der Waals surface area contributed by atoms with Gasteiger partial charge in [0, 0.05) is 82.3 Å². The number of rotatable bonds is 6. The molecule has 49 heavy (non-hydrogen) atoms. The number of benzene rings is 2. The standard InChI is InChI=1S/2C18H16N4OS.H2O/c2*19-14-5-1-3-12(9-14)17(23)21-15-6-8-22-16(15)11-24-18(22)13-4-2-7-20-10-13;/h2*1-10,18H,11,19H2,(H,21,23);1H2. The van der Waals surface area contributed by atoms with E-state index in [4.69, 9.17) is 11.5 Å². The molecule has 0 fully saturated rings. The lowest BCUT2D eigenvalue weighted by Gasteiger charge is -2.12. The van der Waals surface area contributed by atoms with Crippen LogP contribution in [0.25, 0.3) is 0 Å². The third kappa shape index (κ3) is 7.18. The zero-order chi connectivity index (χ0) is 33.0. The summed E-state index contributed by atoms with van der Waals surface area (Å²) in [5, 5.41) is 6.39. The lowest BCUT2D eigenvalue weighted by molar-refractivity contribution is 0.101. The molecule has 0 aliphatic carbocycles. The second-order valence-corrected chi connectivity index (χ2v) is 13.4. The number of thioether (sulfide) groups is 2. The minimum atomic E-state index is -0.147. The third-order valence-electron chi connectivity index (χ3n) is 8.04. The Hall–Kier alpha value is -5.50. The molecule has 4 aromatic heterocycles. The third-order valence-corrected chi connectivity index (χ3v) is 10.6. The number of carbonyl (C=O) groups is 2. The molecule has 0 radical (unpaired) electrons. The maximum absolute atomic E-state index is 12.4. The summed E-state index contributed by atoms with van der Waals surface area (Å²) in [5.74, 6) is 1.40.